The van der Waals surface area contributed by atoms with Crippen LogP contribution in [0.25, 0.3) is 0 Å². The molecular weight excluding hydrogens is 208 g/mol. The van der Waals surface area contributed by atoms with Crippen molar-refractivity contribution in [3.63, 3.8) is 0 Å². The zero-order chi connectivity index (χ0) is 11.8. The van der Waals surface area contributed by atoms with Gasteiger partial charge in [-0.15, -0.1) is 0 Å². The van der Waals surface area contributed by atoms with Crippen molar-refractivity contribution in [2.75, 3.05) is 0 Å². The van der Waals surface area contributed by atoms with E-state index < -0.39 is 0 Å². The van der Waals surface area contributed by atoms with Gasteiger partial charge >= 0.3 is 0 Å². The molecule has 96 valence electrons. The molecule has 1 saturated heterocycles. The van der Waals surface area contributed by atoms with E-state index in [0.717, 1.165) is 29.8 Å². The Balaban J connectivity index is 1.64. The van der Waals surface area contributed by atoms with Crippen LogP contribution < -0.4 is 10.9 Å². The maximum atomic E-state index is 3.73. The van der Waals surface area contributed by atoms with E-state index in [-0.39, 0.29) is 0 Å². The van der Waals surface area contributed by atoms with Crippen molar-refractivity contribution < 1.29 is 0 Å². The average Bonchev–Trinajstić information content (AvgIpc) is 3.07. The first-order valence-electron chi connectivity index (χ1n) is 7.55. The number of rotatable bonds is 1. The molecule has 3 saturated carbocycles. The summed E-state index contributed by atoms with van der Waals surface area (Å²) in [5.41, 5.74) is 8.44. The summed E-state index contributed by atoms with van der Waals surface area (Å²) < 4.78 is 0. The second kappa shape index (κ2) is 3.08. The van der Waals surface area contributed by atoms with Crippen LogP contribution >= 0.6 is 0 Å². The average molecular weight is 234 g/mol. The third-order valence-corrected chi connectivity index (χ3v) is 7.15. The molecule has 17 heavy (non-hydrogen) atoms. The van der Waals surface area contributed by atoms with Gasteiger partial charge in [0.05, 0.1) is 0 Å². The summed E-state index contributed by atoms with van der Waals surface area (Å²) in [7, 11) is 0. The summed E-state index contributed by atoms with van der Waals surface area (Å²) in [6.07, 6.45) is 7.26. The molecule has 3 aliphatic carbocycles. The SMILES string of the molecule is CC1(C)[C@@H]2CC[C@]1(C)C1NNC(C3CC3)CC12. The van der Waals surface area contributed by atoms with Crippen molar-refractivity contribution in [3.05, 3.63) is 0 Å². The van der Waals surface area contributed by atoms with Gasteiger partial charge in [0, 0.05) is 12.1 Å². The molecule has 4 fully saturated rings. The highest BCUT2D eigenvalue weighted by atomic mass is 15.4. The van der Waals surface area contributed by atoms with E-state index in [1.54, 1.807) is 0 Å². The minimum atomic E-state index is 0.518. The van der Waals surface area contributed by atoms with E-state index >= 15 is 0 Å². The molecule has 0 spiro atoms. The van der Waals surface area contributed by atoms with Gasteiger partial charge in [-0.3, -0.25) is 10.9 Å². The highest BCUT2D eigenvalue weighted by Gasteiger charge is 2.67. The number of fused-ring (bicyclic) bond motifs is 5. The standard InChI is InChI=1S/C15H26N2/c1-14(2)11-6-7-15(14,3)13-10(11)8-12(16-17-13)9-4-5-9/h9-13,16-17H,4-8H2,1-3H3/t10?,11-,12?,13?,15-/m1/s1. The number of nitrogens with one attached hydrogen (secondary N) is 2. The summed E-state index contributed by atoms with van der Waals surface area (Å²) in [6, 6.07) is 1.50. The fourth-order valence-corrected chi connectivity index (χ4v) is 5.50. The van der Waals surface area contributed by atoms with Crippen LogP contribution in [0.4, 0.5) is 0 Å². The van der Waals surface area contributed by atoms with Gasteiger partial charge in [0.25, 0.3) is 0 Å². The van der Waals surface area contributed by atoms with Crippen molar-refractivity contribution in [1.82, 2.24) is 10.9 Å². The third-order valence-electron chi connectivity index (χ3n) is 7.15. The first-order valence-corrected chi connectivity index (χ1v) is 7.55. The second-order valence-electron chi connectivity index (χ2n) is 7.89. The summed E-state index contributed by atoms with van der Waals surface area (Å²) in [4.78, 5) is 0. The Labute approximate surface area is 105 Å². The topological polar surface area (TPSA) is 24.1 Å². The molecule has 0 radical (unpaired) electrons. The van der Waals surface area contributed by atoms with Crippen molar-refractivity contribution in [2.45, 2.75) is 65.0 Å². The Morgan fingerprint density at radius 3 is 2.47 bits per heavy atom. The van der Waals surface area contributed by atoms with Crippen molar-refractivity contribution in [3.8, 4) is 0 Å². The van der Waals surface area contributed by atoms with Crippen LogP contribution in [-0.4, -0.2) is 12.1 Å². The minimum Gasteiger partial charge on any atom is -0.254 e. The molecule has 2 nitrogen and oxygen atoms in total. The molecule has 0 aromatic heterocycles. The molecule has 4 aliphatic rings. The molecule has 1 aliphatic heterocycles. The summed E-state index contributed by atoms with van der Waals surface area (Å²) >= 11 is 0. The predicted octanol–water partition coefficient (Wildman–Crippen LogP) is 2.70. The fraction of sp³-hybridized carbons (Fsp3) is 1.00. The van der Waals surface area contributed by atoms with Crippen LogP contribution in [0, 0.1) is 28.6 Å². The molecule has 1 heterocycles. The molecule has 5 atom stereocenters. The van der Waals surface area contributed by atoms with Crippen molar-refractivity contribution >= 4 is 0 Å². The highest BCUT2D eigenvalue weighted by Crippen LogP contribution is 2.69. The van der Waals surface area contributed by atoms with Gasteiger partial charge in [0.1, 0.15) is 0 Å². The van der Waals surface area contributed by atoms with Crippen molar-refractivity contribution in [2.24, 2.45) is 28.6 Å². The van der Waals surface area contributed by atoms with Crippen molar-refractivity contribution in [1.29, 1.82) is 0 Å². The van der Waals surface area contributed by atoms with Gasteiger partial charge in [-0.2, -0.15) is 0 Å². The van der Waals surface area contributed by atoms with Crippen LogP contribution in [0.1, 0.15) is 52.9 Å². The third kappa shape index (κ3) is 1.19. The largest absolute Gasteiger partial charge is 0.254 e. The monoisotopic (exact) mass is 234 g/mol. The van der Waals surface area contributed by atoms with Gasteiger partial charge in [-0.1, -0.05) is 20.8 Å². The van der Waals surface area contributed by atoms with Crippen LogP contribution in [0.5, 0.6) is 0 Å². The maximum absolute atomic E-state index is 3.73. The number of hydrogen-bond donors (Lipinski definition) is 2. The lowest BCUT2D eigenvalue weighted by atomic mass is 9.69. The molecular formula is C15H26N2. The van der Waals surface area contributed by atoms with Crippen LogP contribution in [-0.2, 0) is 0 Å². The normalized spacial score (nSPS) is 55.9. The van der Waals surface area contributed by atoms with E-state index in [1.165, 1.54) is 32.1 Å². The Kier molecular flexibility index (Phi) is 1.96. The first kappa shape index (κ1) is 10.8. The van der Waals surface area contributed by atoms with Gasteiger partial charge in [-0.25, -0.2) is 0 Å². The highest BCUT2D eigenvalue weighted by molar-refractivity contribution is 5.18. The number of hydrogen-bond acceptors (Lipinski definition) is 2. The lowest BCUT2D eigenvalue weighted by Gasteiger charge is -2.45. The van der Waals surface area contributed by atoms with E-state index in [0.29, 0.717) is 10.8 Å². The lowest BCUT2D eigenvalue weighted by Crippen LogP contribution is -2.61. The maximum Gasteiger partial charge on any atom is 0.0303 e. The lowest BCUT2D eigenvalue weighted by molar-refractivity contribution is 0.0766. The van der Waals surface area contributed by atoms with E-state index in [2.05, 4.69) is 31.6 Å². The molecule has 2 N–H and O–H groups in total. The Bertz CT molecular complexity index is 347. The predicted molar refractivity (Wildman–Crippen MR) is 69.3 cm³/mol. The zero-order valence-corrected chi connectivity index (χ0v) is 11.4. The molecule has 2 heteroatoms. The quantitative estimate of drug-likeness (QED) is 0.729. The number of hydrazine groups is 1. The van der Waals surface area contributed by atoms with Gasteiger partial charge in [-0.05, 0) is 60.7 Å². The van der Waals surface area contributed by atoms with E-state index in [4.69, 9.17) is 0 Å². The minimum absolute atomic E-state index is 0.518. The summed E-state index contributed by atoms with van der Waals surface area (Å²) in [5.74, 6) is 2.89. The molecule has 0 aromatic rings. The van der Waals surface area contributed by atoms with E-state index in [1.807, 2.05) is 0 Å². The van der Waals surface area contributed by atoms with Crippen LogP contribution in [0.2, 0.25) is 0 Å². The molecule has 2 bridgehead atoms. The zero-order valence-electron chi connectivity index (χ0n) is 11.4. The Hall–Kier alpha value is -0.0800. The smallest absolute Gasteiger partial charge is 0.0303 e. The second-order valence-corrected chi connectivity index (χ2v) is 7.89. The fourth-order valence-electron chi connectivity index (χ4n) is 5.50. The van der Waals surface area contributed by atoms with Crippen LogP contribution in [0.3, 0.4) is 0 Å². The first-order chi connectivity index (χ1) is 8.04. The molecule has 4 rings (SSSR count). The van der Waals surface area contributed by atoms with Gasteiger partial charge in [0.15, 0.2) is 0 Å². The Morgan fingerprint density at radius 1 is 1.00 bits per heavy atom. The van der Waals surface area contributed by atoms with Gasteiger partial charge in [0.2, 0.25) is 0 Å². The van der Waals surface area contributed by atoms with Gasteiger partial charge < -0.3 is 0 Å². The molecule has 3 unspecified atom stereocenters. The van der Waals surface area contributed by atoms with E-state index in [9.17, 15) is 0 Å². The molecule has 0 aromatic carbocycles. The summed E-state index contributed by atoms with van der Waals surface area (Å²) in [5, 5.41) is 0. The Morgan fingerprint density at radius 2 is 1.76 bits per heavy atom. The molecule has 0 amide bonds. The van der Waals surface area contributed by atoms with Crippen LogP contribution in [0.15, 0.2) is 0 Å². The summed E-state index contributed by atoms with van der Waals surface area (Å²) in [6.45, 7) is 7.58.